The van der Waals surface area contributed by atoms with Gasteiger partial charge in [-0.1, -0.05) is 60.7 Å². The second-order valence-corrected chi connectivity index (χ2v) is 7.31. The van der Waals surface area contributed by atoms with Gasteiger partial charge in [-0.25, -0.2) is 4.98 Å². The minimum absolute atomic E-state index is 0.135. The van der Waals surface area contributed by atoms with E-state index in [9.17, 15) is 9.59 Å². The van der Waals surface area contributed by atoms with E-state index in [2.05, 4.69) is 4.98 Å². The smallest absolute Gasteiger partial charge is 0.318 e. The molecule has 148 valence electrons. The van der Waals surface area contributed by atoms with Gasteiger partial charge in [0.1, 0.15) is 16.9 Å². The number of methoxy groups -OCH3 is 1. The summed E-state index contributed by atoms with van der Waals surface area (Å²) in [6.07, 6.45) is 2.13. The number of aromatic nitrogens is 2. The van der Waals surface area contributed by atoms with E-state index >= 15 is 0 Å². The highest BCUT2D eigenvalue weighted by atomic mass is 16.5. The Hall–Kier alpha value is -3.41. The van der Waals surface area contributed by atoms with E-state index < -0.39 is 5.41 Å². The number of likely N-dealkylation sites (tertiary alicyclic amines) is 1. The molecule has 1 aliphatic heterocycles. The van der Waals surface area contributed by atoms with E-state index in [4.69, 9.17) is 4.74 Å². The zero-order chi connectivity index (χ0) is 20.4. The highest BCUT2D eigenvalue weighted by molar-refractivity contribution is 5.95. The first-order chi connectivity index (χ1) is 14.1. The fourth-order valence-corrected chi connectivity index (χ4v) is 4.08. The summed E-state index contributed by atoms with van der Waals surface area (Å²) in [6, 6.07) is 19.3. The second kappa shape index (κ2) is 7.54. The predicted molar refractivity (Wildman–Crippen MR) is 109 cm³/mol. The van der Waals surface area contributed by atoms with Crippen LogP contribution in [0.2, 0.25) is 0 Å². The maximum Gasteiger partial charge on any atom is 0.318 e. The maximum atomic E-state index is 13.3. The number of amides is 1. The van der Waals surface area contributed by atoms with Crippen LogP contribution < -0.4 is 0 Å². The van der Waals surface area contributed by atoms with Gasteiger partial charge in [-0.15, -0.1) is 0 Å². The van der Waals surface area contributed by atoms with Crippen LogP contribution in [0.25, 0.3) is 11.4 Å². The molecule has 3 aromatic rings. The Morgan fingerprint density at radius 2 is 1.69 bits per heavy atom. The summed E-state index contributed by atoms with van der Waals surface area (Å²) in [5.41, 5.74) is 1.48. The van der Waals surface area contributed by atoms with E-state index in [0.717, 1.165) is 17.0 Å². The van der Waals surface area contributed by atoms with Crippen LogP contribution >= 0.6 is 0 Å². The molecule has 0 saturated carbocycles. The number of carbonyl (C=O) groups excluding carboxylic acids is 2. The molecule has 2 heterocycles. The minimum Gasteiger partial charge on any atom is -0.468 e. The van der Waals surface area contributed by atoms with Crippen molar-refractivity contribution in [1.29, 1.82) is 0 Å². The monoisotopic (exact) mass is 389 g/mol. The largest absolute Gasteiger partial charge is 0.468 e. The topological polar surface area (TPSA) is 64.4 Å². The van der Waals surface area contributed by atoms with E-state index in [-0.39, 0.29) is 18.4 Å². The molecule has 29 heavy (non-hydrogen) atoms. The molecule has 1 amide bonds. The average molecular weight is 389 g/mol. The molecule has 0 spiro atoms. The van der Waals surface area contributed by atoms with E-state index in [1.165, 1.54) is 7.11 Å². The van der Waals surface area contributed by atoms with Crippen molar-refractivity contribution < 1.29 is 14.3 Å². The van der Waals surface area contributed by atoms with E-state index in [1.54, 1.807) is 15.7 Å². The molecule has 0 radical (unpaired) electrons. The van der Waals surface area contributed by atoms with Crippen molar-refractivity contribution in [2.24, 2.45) is 7.05 Å². The molecule has 6 heteroatoms. The normalized spacial score (nSPS) is 18.6. The summed E-state index contributed by atoms with van der Waals surface area (Å²) in [5, 5.41) is 0. The fourth-order valence-electron chi connectivity index (χ4n) is 4.08. The first-order valence-corrected chi connectivity index (χ1v) is 9.57. The van der Waals surface area contributed by atoms with Gasteiger partial charge >= 0.3 is 5.97 Å². The molecule has 0 aliphatic carbocycles. The van der Waals surface area contributed by atoms with Crippen LogP contribution in [0.15, 0.2) is 66.9 Å². The van der Waals surface area contributed by atoms with Gasteiger partial charge in [0.05, 0.1) is 13.3 Å². The van der Waals surface area contributed by atoms with Crippen molar-refractivity contribution in [3.63, 3.8) is 0 Å². The molecule has 2 aromatic carbocycles. The van der Waals surface area contributed by atoms with Gasteiger partial charge in [0.15, 0.2) is 0 Å². The number of rotatable bonds is 4. The van der Waals surface area contributed by atoms with Crippen molar-refractivity contribution in [2.75, 3.05) is 20.2 Å². The fraction of sp³-hybridized carbons (Fsp3) is 0.261. The summed E-state index contributed by atoms with van der Waals surface area (Å²) in [5.74, 6) is 0.285. The number of imidazole rings is 1. The van der Waals surface area contributed by atoms with Gasteiger partial charge in [-0.2, -0.15) is 0 Å². The summed E-state index contributed by atoms with van der Waals surface area (Å²) < 4.78 is 6.92. The Bertz CT molecular complexity index is 1030. The lowest BCUT2D eigenvalue weighted by molar-refractivity contribution is -0.147. The van der Waals surface area contributed by atoms with Gasteiger partial charge < -0.3 is 14.2 Å². The van der Waals surface area contributed by atoms with E-state index in [1.807, 2.05) is 67.7 Å². The SMILES string of the molecule is COC(=O)C1(c2ccccc2)CCN(C(=O)c2cnc(-c3ccccc3)n2C)C1. The van der Waals surface area contributed by atoms with Crippen molar-refractivity contribution in [3.8, 4) is 11.4 Å². The Morgan fingerprint density at radius 1 is 1.03 bits per heavy atom. The quantitative estimate of drug-likeness (QED) is 0.644. The lowest BCUT2D eigenvalue weighted by Crippen LogP contribution is -2.41. The van der Waals surface area contributed by atoms with Gasteiger partial charge in [0.25, 0.3) is 5.91 Å². The van der Waals surface area contributed by atoms with Crippen LogP contribution in [-0.4, -0.2) is 46.5 Å². The Labute approximate surface area is 169 Å². The Morgan fingerprint density at radius 3 is 2.34 bits per heavy atom. The average Bonchev–Trinajstić information content (AvgIpc) is 3.39. The maximum absolute atomic E-state index is 13.3. The highest BCUT2D eigenvalue weighted by Crippen LogP contribution is 2.36. The molecule has 1 atom stereocenters. The lowest BCUT2D eigenvalue weighted by Gasteiger charge is -2.27. The number of esters is 1. The number of hydrogen-bond acceptors (Lipinski definition) is 4. The summed E-state index contributed by atoms with van der Waals surface area (Å²) in [4.78, 5) is 32.1. The Balaban J connectivity index is 1.63. The molecule has 0 N–H and O–H groups in total. The highest BCUT2D eigenvalue weighted by Gasteiger charge is 2.48. The first kappa shape index (κ1) is 18.9. The van der Waals surface area contributed by atoms with Crippen molar-refractivity contribution >= 4 is 11.9 Å². The summed E-state index contributed by atoms with van der Waals surface area (Å²) in [6.45, 7) is 0.767. The number of carbonyl (C=O) groups is 2. The first-order valence-electron chi connectivity index (χ1n) is 9.57. The Kier molecular flexibility index (Phi) is 4.92. The van der Waals surface area contributed by atoms with Crippen LogP contribution in [0.3, 0.4) is 0 Å². The van der Waals surface area contributed by atoms with E-state index in [0.29, 0.717) is 18.7 Å². The second-order valence-electron chi connectivity index (χ2n) is 7.31. The van der Waals surface area contributed by atoms with Crippen LogP contribution in [0.4, 0.5) is 0 Å². The van der Waals surface area contributed by atoms with Gasteiger partial charge in [-0.05, 0) is 12.0 Å². The van der Waals surface area contributed by atoms with Crippen molar-refractivity contribution in [2.45, 2.75) is 11.8 Å². The van der Waals surface area contributed by atoms with Crippen molar-refractivity contribution in [3.05, 3.63) is 78.1 Å². The molecule has 1 saturated heterocycles. The van der Waals surface area contributed by atoms with Gasteiger partial charge in [-0.3, -0.25) is 9.59 Å². The third-order valence-corrected chi connectivity index (χ3v) is 5.70. The van der Waals surface area contributed by atoms with Crippen LogP contribution in [0.1, 0.15) is 22.5 Å². The molecular formula is C23H23N3O3. The molecule has 1 unspecified atom stereocenters. The molecule has 0 bridgehead atoms. The standard InChI is InChI=1S/C23H23N3O3/c1-25-19(15-24-20(25)17-9-5-3-6-10-17)21(27)26-14-13-23(16-26,22(28)29-2)18-11-7-4-8-12-18/h3-12,15H,13-14,16H2,1-2H3. The molecule has 6 nitrogen and oxygen atoms in total. The lowest BCUT2D eigenvalue weighted by atomic mass is 9.79. The minimum atomic E-state index is -0.841. The molecule has 4 rings (SSSR count). The number of benzene rings is 2. The molecular weight excluding hydrogens is 366 g/mol. The zero-order valence-electron chi connectivity index (χ0n) is 16.5. The number of hydrogen-bond donors (Lipinski definition) is 0. The van der Waals surface area contributed by atoms with Gasteiger partial charge in [0.2, 0.25) is 0 Å². The number of ether oxygens (including phenoxy) is 1. The third-order valence-electron chi connectivity index (χ3n) is 5.70. The molecule has 1 aromatic heterocycles. The summed E-state index contributed by atoms with van der Waals surface area (Å²) in [7, 11) is 3.23. The van der Waals surface area contributed by atoms with Crippen LogP contribution in [0.5, 0.6) is 0 Å². The third kappa shape index (κ3) is 3.20. The van der Waals surface area contributed by atoms with Crippen LogP contribution in [0, 0.1) is 0 Å². The molecule has 1 aliphatic rings. The van der Waals surface area contributed by atoms with Gasteiger partial charge in [0, 0.05) is 25.7 Å². The number of nitrogens with zero attached hydrogens (tertiary/aromatic N) is 3. The predicted octanol–water partition coefficient (Wildman–Crippen LogP) is 3.04. The molecule has 1 fully saturated rings. The van der Waals surface area contributed by atoms with Crippen molar-refractivity contribution in [1.82, 2.24) is 14.5 Å². The zero-order valence-corrected chi connectivity index (χ0v) is 16.5. The summed E-state index contributed by atoms with van der Waals surface area (Å²) >= 11 is 0. The van der Waals surface area contributed by atoms with Crippen LogP contribution in [-0.2, 0) is 22.0 Å².